The van der Waals surface area contributed by atoms with Gasteiger partial charge in [-0.15, -0.1) is 0 Å². The van der Waals surface area contributed by atoms with Crippen molar-refractivity contribution in [2.45, 2.75) is 56.9 Å². The molecule has 0 aromatic heterocycles. The minimum absolute atomic E-state index is 0.0987. The summed E-state index contributed by atoms with van der Waals surface area (Å²) < 4.78 is 5.52. The van der Waals surface area contributed by atoms with Crippen LogP contribution in [-0.4, -0.2) is 31.2 Å². The molecule has 2 saturated carbocycles. The van der Waals surface area contributed by atoms with Gasteiger partial charge < -0.3 is 15.8 Å². The van der Waals surface area contributed by atoms with Crippen molar-refractivity contribution in [3.8, 4) is 0 Å². The Morgan fingerprint density at radius 3 is 2.72 bits per heavy atom. The number of ether oxygens (including phenoxy) is 1. The normalized spacial score (nSPS) is 22.1. The summed E-state index contributed by atoms with van der Waals surface area (Å²) >= 11 is 0. The number of hydrogen-bond donors (Lipinski definition) is 2. The third kappa shape index (κ3) is 4.94. The van der Waals surface area contributed by atoms with Crippen LogP contribution >= 0.6 is 0 Å². The number of nitrogens with two attached hydrogens (primary N) is 1. The largest absolute Gasteiger partial charge is 0.381 e. The second kappa shape index (κ2) is 6.53. The van der Waals surface area contributed by atoms with Crippen LogP contribution in [0.5, 0.6) is 0 Å². The van der Waals surface area contributed by atoms with Gasteiger partial charge in [-0.3, -0.25) is 4.79 Å². The lowest BCUT2D eigenvalue weighted by atomic mass is 9.94. The third-order valence-corrected chi connectivity index (χ3v) is 3.95. The zero-order chi connectivity index (χ0) is 12.8. The zero-order valence-electron chi connectivity index (χ0n) is 11.2. The van der Waals surface area contributed by atoms with Gasteiger partial charge in [-0.25, -0.2) is 0 Å². The molecule has 0 unspecified atom stereocenters. The highest BCUT2D eigenvalue weighted by Gasteiger charge is 2.31. The average molecular weight is 254 g/mol. The summed E-state index contributed by atoms with van der Waals surface area (Å²) in [6, 6.07) is 0. The van der Waals surface area contributed by atoms with E-state index in [1.165, 1.54) is 25.7 Å². The van der Waals surface area contributed by atoms with E-state index in [4.69, 9.17) is 10.5 Å². The maximum absolute atomic E-state index is 11.7. The molecule has 0 aromatic carbocycles. The van der Waals surface area contributed by atoms with E-state index in [0.29, 0.717) is 13.0 Å². The highest BCUT2D eigenvalue weighted by Crippen LogP contribution is 2.30. The lowest BCUT2D eigenvalue weighted by Gasteiger charge is -2.22. The predicted octanol–water partition coefficient (Wildman–Crippen LogP) is 1.58. The minimum Gasteiger partial charge on any atom is -0.381 e. The van der Waals surface area contributed by atoms with Crippen LogP contribution in [0.15, 0.2) is 0 Å². The fourth-order valence-corrected chi connectivity index (χ4v) is 2.57. The summed E-state index contributed by atoms with van der Waals surface area (Å²) in [5.74, 6) is 0.917. The van der Waals surface area contributed by atoms with Crippen molar-refractivity contribution in [3.05, 3.63) is 0 Å². The van der Waals surface area contributed by atoms with E-state index in [9.17, 15) is 4.79 Å². The Morgan fingerprint density at radius 1 is 1.33 bits per heavy atom. The number of hydrogen-bond acceptors (Lipinski definition) is 3. The first kappa shape index (κ1) is 13.8. The molecule has 0 radical (unpaired) electrons. The quantitative estimate of drug-likeness (QED) is 0.646. The molecule has 18 heavy (non-hydrogen) atoms. The van der Waals surface area contributed by atoms with E-state index in [2.05, 4.69) is 5.32 Å². The highest BCUT2D eigenvalue weighted by atomic mass is 16.5. The monoisotopic (exact) mass is 254 g/mol. The van der Waals surface area contributed by atoms with E-state index in [1.807, 2.05) is 0 Å². The Hall–Kier alpha value is -0.610. The van der Waals surface area contributed by atoms with Crippen molar-refractivity contribution >= 4 is 5.91 Å². The fraction of sp³-hybridized carbons (Fsp3) is 0.929. The van der Waals surface area contributed by atoms with Gasteiger partial charge in [-0.2, -0.15) is 0 Å². The predicted molar refractivity (Wildman–Crippen MR) is 71.2 cm³/mol. The van der Waals surface area contributed by atoms with Crippen LogP contribution in [0.3, 0.4) is 0 Å². The summed E-state index contributed by atoms with van der Waals surface area (Å²) in [4.78, 5) is 11.7. The fourth-order valence-electron chi connectivity index (χ4n) is 2.57. The van der Waals surface area contributed by atoms with Crippen molar-refractivity contribution in [2.24, 2.45) is 11.7 Å². The zero-order valence-corrected chi connectivity index (χ0v) is 11.2. The van der Waals surface area contributed by atoms with Gasteiger partial charge >= 0.3 is 0 Å². The molecule has 0 bridgehead atoms. The molecule has 104 valence electrons. The van der Waals surface area contributed by atoms with Crippen LogP contribution in [-0.2, 0) is 9.53 Å². The Bertz CT molecular complexity index is 271. The molecular formula is C14H26N2O2. The lowest BCUT2D eigenvalue weighted by molar-refractivity contribution is -0.122. The first-order chi connectivity index (χ1) is 8.68. The molecule has 0 heterocycles. The van der Waals surface area contributed by atoms with E-state index in [0.717, 1.165) is 38.4 Å². The smallest absolute Gasteiger partial charge is 0.221 e. The van der Waals surface area contributed by atoms with Crippen molar-refractivity contribution in [3.63, 3.8) is 0 Å². The average Bonchev–Trinajstić information content (AvgIpc) is 3.05. The molecule has 2 aliphatic carbocycles. The maximum Gasteiger partial charge on any atom is 0.221 e. The minimum atomic E-state index is -0.230. The van der Waals surface area contributed by atoms with Gasteiger partial charge in [0.1, 0.15) is 0 Å². The number of amides is 1. The lowest BCUT2D eigenvalue weighted by Crippen LogP contribution is -2.42. The van der Waals surface area contributed by atoms with Crippen molar-refractivity contribution in [1.82, 2.24) is 5.32 Å². The SMILES string of the molecule is NC1(CC(=O)NCCCOCC2CC2)CCCC1. The summed E-state index contributed by atoms with van der Waals surface area (Å²) in [6.07, 6.45) is 8.35. The van der Waals surface area contributed by atoms with Gasteiger partial charge in [0, 0.05) is 31.7 Å². The first-order valence-corrected chi connectivity index (χ1v) is 7.31. The molecule has 4 heteroatoms. The standard InChI is InChI=1S/C14H26N2O2/c15-14(6-1-2-7-14)10-13(17)16-8-3-9-18-11-12-4-5-12/h12H,1-11,15H2,(H,16,17). The summed E-state index contributed by atoms with van der Waals surface area (Å²) in [5.41, 5.74) is 5.94. The Kier molecular flexibility index (Phi) is 5.01. The first-order valence-electron chi connectivity index (χ1n) is 7.31. The van der Waals surface area contributed by atoms with Crippen LogP contribution in [0.4, 0.5) is 0 Å². The third-order valence-electron chi connectivity index (χ3n) is 3.95. The second-order valence-corrected chi connectivity index (χ2v) is 5.97. The van der Waals surface area contributed by atoms with Gasteiger partial charge in [0.25, 0.3) is 0 Å². The van der Waals surface area contributed by atoms with E-state index < -0.39 is 0 Å². The number of nitrogens with one attached hydrogen (secondary N) is 1. The van der Waals surface area contributed by atoms with Gasteiger partial charge in [0.2, 0.25) is 5.91 Å². The second-order valence-electron chi connectivity index (χ2n) is 5.97. The van der Waals surface area contributed by atoms with Gasteiger partial charge in [-0.1, -0.05) is 12.8 Å². The Morgan fingerprint density at radius 2 is 2.06 bits per heavy atom. The van der Waals surface area contributed by atoms with Crippen LogP contribution in [0.25, 0.3) is 0 Å². The van der Waals surface area contributed by atoms with Crippen molar-refractivity contribution in [1.29, 1.82) is 0 Å². The molecule has 2 aliphatic rings. The number of carbonyl (C=O) groups is 1. The number of carbonyl (C=O) groups excluding carboxylic acids is 1. The van der Waals surface area contributed by atoms with Crippen molar-refractivity contribution in [2.75, 3.05) is 19.8 Å². The van der Waals surface area contributed by atoms with Crippen molar-refractivity contribution < 1.29 is 9.53 Å². The molecule has 0 saturated heterocycles. The Balaban J connectivity index is 1.46. The van der Waals surface area contributed by atoms with E-state index >= 15 is 0 Å². The maximum atomic E-state index is 11.7. The van der Waals surface area contributed by atoms with Crippen LogP contribution in [0.2, 0.25) is 0 Å². The van der Waals surface area contributed by atoms with E-state index in [-0.39, 0.29) is 11.4 Å². The highest BCUT2D eigenvalue weighted by molar-refractivity contribution is 5.77. The van der Waals surface area contributed by atoms with Crippen LogP contribution < -0.4 is 11.1 Å². The Labute approximate surface area is 110 Å². The van der Waals surface area contributed by atoms with Crippen LogP contribution in [0, 0.1) is 5.92 Å². The number of rotatable bonds is 8. The molecule has 0 aromatic rings. The molecule has 0 spiro atoms. The van der Waals surface area contributed by atoms with E-state index in [1.54, 1.807) is 0 Å². The molecular weight excluding hydrogens is 228 g/mol. The summed E-state index contributed by atoms with van der Waals surface area (Å²) in [5, 5.41) is 2.94. The molecule has 0 atom stereocenters. The topological polar surface area (TPSA) is 64.4 Å². The van der Waals surface area contributed by atoms with Gasteiger partial charge in [0.05, 0.1) is 0 Å². The summed E-state index contributed by atoms with van der Waals surface area (Å²) in [6.45, 7) is 2.37. The molecule has 0 aliphatic heterocycles. The molecule has 2 fully saturated rings. The van der Waals surface area contributed by atoms with Gasteiger partial charge in [0.15, 0.2) is 0 Å². The molecule has 1 amide bonds. The van der Waals surface area contributed by atoms with Gasteiger partial charge in [-0.05, 0) is 38.0 Å². The molecule has 2 rings (SSSR count). The molecule has 4 nitrogen and oxygen atoms in total. The summed E-state index contributed by atoms with van der Waals surface area (Å²) in [7, 11) is 0. The molecule has 3 N–H and O–H groups in total. The van der Waals surface area contributed by atoms with Crippen LogP contribution in [0.1, 0.15) is 51.4 Å².